The zero-order valence-corrected chi connectivity index (χ0v) is 16.5. The number of para-hydroxylation sites is 1. The number of aryl methyl sites for hydroxylation is 1. The highest BCUT2D eigenvalue weighted by Gasteiger charge is 2.21. The van der Waals surface area contributed by atoms with Crippen molar-refractivity contribution in [2.45, 2.75) is 6.92 Å². The van der Waals surface area contributed by atoms with Crippen LogP contribution in [0.15, 0.2) is 59.4 Å². The minimum Gasteiger partial charge on any atom is -0.277 e. The van der Waals surface area contributed by atoms with Gasteiger partial charge in [-0.25, -0.2) is 0 Å². The Hall–Kier alpha value is -2.72. The number of fused-ring (bicyclic) bond motifs is 1. The maximum absolute atomic E-state index is 13.2. The molecule has 0 radical (unpaired) electrons. The molecule has 0 fully saturated rings. The molecule has 7 heteroatoms. The number of nitrogens with zero attached hydrogens (tertiary/aromatic N) is 3. The van der Waals surface area contributed by atoms with Crippen molar-refractivity contribution in [1.82, 2.24) is 9.13 Å². The number of pyridine rings is 1. The molecule has 27 heavy (non-hydrogen) atoms. The van der Waals surface area contributed by atoms with Crippen molar-refractivity contribution in [3.8, 4) is 17.4 Å². The van der Waals surface area contributed by atoms with E-state index in [1.165, 1.54) is 15.9 Å². The summed E-state index contributed by atoms with van der Waals surface area (Å²) in [6.07, 6.45) is 0. The minimum atomic E-state index is -0.373. The second kappa shape index (κ2) is 6.78. The summed E-state index contributed by atoms with van der Waals surface area (Å²) in [4.78, 5) is 13.2. The van der Waals surface area contributed by atoms with Crippen LogP contribution in [0.1, 0.15) is 11.1 Å². The molecule has 2 aromatic carbocycles. The third-order valence-corrected chi connectivity index (χ3v) is 6.08. The Labute approximate surface area is 169 Å². The lowest BCUT2D eigenvalue weighted by Gasteiger charge is -2.14. The van der Waals surface area contributed by atoms with Gasteiger partial charge in [-0.05, 0) is 61.1 Å². The van der Waals surface area contributed by atoms with E-state index in [9.17, 15) is 10.1 Å². The molecule has 0 spiro atoms. The average Bonchev–Trinajstić information content (AvgIpc) is 3.01. The van der Waals surface area contributed by atoms with Gasteiger partial charge in [0.2, 0.25) is 0 Å². The lowest BCUT2D eigenvalue weighted by atomic mass is 10.1. The summed E-state index contributed by atoms with van der Waals surface area (Å²) in [5.41, 5.74) is 2.54. The minimum absolute atomic E-state index is 0.119. The number of hydrogen-bond acceptors (Lipinski definition) is 4. The number of thiazole rings is 1. The second-order valence-corrected chi connectivity index (χ2v) is 8.00. The lowest BCUT2D eigenvalue weighted by molar-refractivity contribution is 0.958. The summed E-state index contributed by atoms with van der Waals surface area (Å²) in [5, 5.41) is 10.1. The largest absolute Gasteiger partial charge is 0.277 e. The van der Waals surface area contributed by atoms with Crippen LogP contribution in [-0.4, -0.2) is 9.13 Å². The van der Waals surface area contributed by atoms with Gasteiger partial charge in [0.05, 0.1) is 10.4 Å². The van der Waals surface area contributed by atoms with Crippen LogP contribution in [0.4, 0.5) is 0 Å². The Morgan fingerprint density at radius 1 is 1.04 bits per heavy atom. The number of halogens is 1. The Balaban J connectivity index is 2.25. The van der Waals surface area contributed by atoms with E-state index in [1.807, 2.05) is 41.0 Å². The van der Waals surface area contributed by atoms with Crippen LogP contribution < -0.4 is 5.56 Å². The first kappa shape index (κ1) is 17.7. The molecular weight excluding hydrogens is 398 g/mol. The molecule has 4 rings (SSSR count). The normalized spacial score (nSPS) is 10.9. The zero-order chi connectivity index (χ0) is 19.1. The zero-order valence-electron chi connectivity index (χ0n) is 14.1. The summed E-state index contributed by atoms with van der Waals surface area (Å²) in [5.74, 6) is 0. The van der Waals surface area contributed by atoms with Crippen molar-refractivity contribution >= 4 is 45.5 Å². The summed E-state index contributed by atoms with van der Waals surface area (Å²) in [6.45, 7) is 1.79. The van der Waals surface area contributed by atoms with Crippen LogP contribution in [0.25, 0.3) is 21.7 Å². The fourth-order valence-electron chi connectivity index (χ4n) is 3.06. The topological polar surface area (TPSA) is 50.7 Å². The third-order valence-electron chi connectivity index (χ3n) is 4.34. The molecule has 0 unspecified atom stereocenters. The molecule has 0 amide bonds. The van der Waals surface area contributed by atoms with E-state index in [0.717, 1.165) is 10.4 Å². The molecule has 2 heterocycles. The van der Waals surface area contributed by atoms with Gasteiger partial charge in [0.15, 0.2) is 3.95 Å². The first-order valence-corrected chi connectivity index (χ1v) is 9.66. The highest BCUT2D eigenvalue weighted by atomic mass is 35.5. The van der Waals surface area contributed by atoms with Crippen molar-refractivity contribution in [3.63, 3.8) is 0 Å². The predicted molar refractivity (Wildman–Crippen MR) is 112 cm³/mol. The molecule has 4 nitrogen and oxygen atoms in total. The van der Waals surface area contributed by atoms with Gasteiger partial charge in [-0.3, -0.25) is 13.9 Å². The molecule has 132 valence electrons. The van der Waals surface area contributed by atoms with E-state index in [2.05, 4.69) is 0 Å². The number of rotatable bonds is 2. The Morgan fingerprint density at radius 3 is 2.30 bits per heavy atom. The van der Waals surface area contributed by atoms with Gasteiger partial charge in [0, 0.05) is 10.7 Å². The van der Waals surface area contributed by atoms with Crippen LogP contribution in [0.3, 0.4) is 0 Å². The van der Waals surface area contributed by atoms with E-state index in [-0.39, 0.29) is 11.1 Å². The molecule has 0 saturated carbocycles. The molecular formula is C20H12ClN3OS2. The molecule has 0 bridgehead atoms. The maximum atomic E-state index is 13.2. The first-order valence-electron chi connectivity index (χ1n) is 8.05. The standard InChI is InChI=1S/C20H12ClN3OS2/c1-12-16(11-22)19(25)23(15-9-7-13(21)8-10-15)18-17(12)27-20(26)24(18)14-5-3-2-4-6-14/h2-10H,1H3. The predicted octanol–water partition coefficient (Wildman–Crippen LogP) is 5.41. The molecule has 0 atom stereocenters. The quantitative estimate of drug-likeness (QED) is 0.416. The van der Waals surface area contributed by atoms with E-state index in [1.54, 1.807) is 31.2 Å². The highest BCUT2D eigenvalue weighted by molar-refractivity contribution is 7.73. The Morgan fingerprint density at radius 2 is 1.67 bits per heavy atom. The van der Waals surface area contributed by atoms with Crippen molar-refractivity contribution in [3.05, 3.63) is 85.1 Å². The van der Waals surface area contributed by atoms with Crippen LogP contribution in [0.2, 0.25) is 5.02 Å². The number of nitriles is 1. The van der Waals surface area contributed by atoms with Crippen molar-refractivity contribution in [2.24, 2.45) is 0 Å². The second-order valence-electron chi connectivity index (χ2n) is 5.92. The smallest absolute Gasteiger partial charge is 0.275 e. The molecule has 0 saturated heterocycles. The van der Waals surface area contributed by atoms with E-state index in [0.29, 0.717) is 25.9 Å². The van der Waals surface area contributed by atoms with Gasteiger partial charge in [-0.2, -0.15) is 5.26 Å². The van der Waals surface area contributed by atoms with E-state index < -0.39 is 0 Å². The molecule has 0 aliphatic carbocycles. The highest BCUT2D eigenvalue weighted by Crippen LogP contribution is 2.31. The summed E-state index contributed by atoms with van der Waals surface area (Å²) in [6, 6.07) is 18.6. The van der Waals surface area contributed by atoms with Crippen LogP contribution in [-0.2, 0) is 0 Å². The molecule has 0 aliphatic heterocycles. The van der Waals surface area contributed by atoms with Crippen LogP contribution in [0, 0.1) is 22.2 Å². The van der Waals surface area contributed by atoms with Crippen molar-refractivity contribution in [1.29, 1.82) is 5.26 Å². The number of benzene rings is 2. The average molecular weight is 410 g/mol. The summed E-state index contributed by atoms with van der Waals surface area (Å²) >= 11 is 13.0. The van der Waals surface area contributed by atoms with Gasteiger partial charge in [-0.1, -0.05) is 29.8 Å². The third kappa shape index (κ3) is 2.81. The van der Waals surface area contributed by atoms with Gasteiger partial charge >= 0.3 is 0 Å². The first-order chi connectivity index (χ1) is 13.0. The SMILES string of the molecule is Cc1c(C#N)c(=O)n(-c2ccc(Cl)cc2)c2c1sc(=S)n2-c1ccccc1. The Bertz CT molecular complexity index is 1330. The Kier molecular flexibility index (Phi) is 4.44. The summed E-state index contributed by atoms with van der Waals surface area (Å²) < 4.78 is 4.84. The van der Waals surface area contributed by atoms with Crippen molar-refractivity contribution < 1.29 is 0 Å². The van der Waals surface area contributed by atoms with Gasteiger partial charge in [0.25, 0.3) is 5.56 Å². The fraction of sp³-hybridized carbons (Fsp3) is 0.0500. The fourth-order valence-corrected chi connectivity index (χ4v) is 4.62. The van der Waals surface area contributed by atoms with Crippen LogP contribution in [0.5, 0.6) is 0 Å². The monoisotopic (exact) mass is 409 g/mol. The van der Waals surface area contributed by atoms with E-state index in [4.69, 9.17) is 23.8 Å². The van der Waals surface area contributed by atoms with Gasteiger partial charge < -0.3 is 0 Å². The summed E-state index contributed by atoms with van der Waals surface area (Å²) in [7, 11) is 0. The number of aromatic nitrogens is 2. The molecule has 2 aromatic heterocycles. The molecule has 0 aliphatic rings. The van der Waals surface area contributed by atoms with Gasteiger partial charge in [-0.15, -0.1) is 11.3 Å². The molecule has 4 aromatic rings. The van der Waals surface area contributed by atoms with Crippen molar-refractivity contribution in [2.75, 3.05) is 0 Å². The maximum Gasteiger partial charge on any atom is 0.275 e. The van der Waals surface area contributed by atoms with Gasteiger partial charge in [0.1, 0.15) is 17.3 Å². The number of hydrogen-bond donors (Lipinski definition) is 0. The van der Waals surface area contributed by atoms with Crippen LogP contribution >= 0.6 is 35.2 Å². The lowest BCUT2D eigenvalue weighted by Crippen LogP contribution is -2.24. The van der Waals surface area contributed by atoms with E-state index >= 15 is 0 Å². The molecule has 0 N–H and O–H groups in total.